The first-order valence-electron chi connectivity index (χ1n) is 7.76. The van der Waals surface area contributed by atoms with E-state index in [1.165, 1.54) is 0 Å². The molecule has 1 N–H and O–H groups in total. The minimum atomic E-state index is -0.772. The number of likely N-dealkylation sites (tertiary alicyclic amines) is 1. The molecule has 0 unspecified atom stereocenters. The summed E-state index contributed by atoms with van der Waals surface area (Å²) in [5, 5.41) is 9.52. The highest BCUT2D eigenvalue weighted by Crippen LogP contribution is 2.26. The van der Waals surface area contributed by atoms with Crippen LogP contribution in [0, 0.1) is 19.8 Å². The molecule has 0 spiro atoms. The van der Waals surface area contributed by atoms with Crippen LogP contribution in [-0.2, 0) is 9.59 Å². The van der Waals surface area contributed by atoms with E-state index in [-0.39, 0.29) is 24.9 Å². The average molecular weight is 340 g/mol. The van der Waals surface area contributed by atoms with Crippen LogP contribution in [0.15, 0.2) is 12.1 Å². The topological polar surface area (TPSA) is 66.8 Å². The van der Waals surface area contributed by atoms with Gasteiger partial charge in [0.25, 0.3) is 5.91 Å². The molecule has 0 aromatic heterocycles. The van der Waals surface area contributed by atoms with Crippen molar-refractivity contribution in [2.24, 2.45) is 5.92 Å². The zero-order valence-corrected chi connectivity index (χ0v) is 14.2. The number of carboxylic acids is 1. The highest BCUT2D eigenvalue weighted by molar-refractivity contribution is 6.32. The lowest BCUT2D eigenvalue weighted by molar-refractivity contribution is -0.139. The first-order valence-corrected chi connectivity index (χ1v) is 8.13. The Morgan fingerprint density at radius 2 is 1.83 bits per heavy atom. The summed E-state index contributed by atoms with van der Waals surface area (Å²) in [5.74, 6) is -0.0341. The van der Waals surface area contributed by atoms with Gasteiger partial charge in [-0.05, 0) is 55.9 Å². The molecule has 1 aromatic carbocycles. The number of amides is 1. The third kappa shape index (κ3) is 4.86. The van der Waals surface area contributed by atoms with E-state index < -0.39 is 5.97 Å². The predicted molar refractivity (Wildman–Crippen MR) is 88.0 cm³/mol. The third-order valence-corrected chi connectivity index (χ3v) is 4.80. The van der Waals surface area contributed by atoms with Crippen LogP contribution in [0.5, 0.6) is 5.75 Å². The van der Waals surface area contributed by atoms with Crippen LogP contribution in [0.4, 0.5) is 0 Å². The van der Waals surface area contributed by atoms with Crippen molar-refractivity contribution < 1.29 is 19.4 Å². The van der Waals surface area contributed by atoms with Gasteiger partial charge in [-0.1, -0.05) is 11.6 Å². The van der Waals surface area contributed by atoms with E-state index in [0.29, 0.717) is 23.9 Å². The van der Waals surface area contributed by atoms with Crippen molar-refractivity contribution in [2.45, 2.75) is 33.1 Å². The Balaban J connectivity index is 1.83. The second-order valence-electron chi connectivity index (χ2n) is 6.08. The van der Waals surface area contributed by atoms with Crippen molar-refractivity contribution in [3.63, 3.8) is 0 Å². The predicted octanol–water partition coefficient (Wildman–Crippen LogP) is 3.05. The first-order chi connectivity index (χ1) is 10.9. The molecule has 0 atom stereocenters. The highest BCUT2D eigenvalue weighted by Gasteiger charge is 2.24. The molecule has 0 aliphatic carbocycles. The summed E-state index contributed by atoms with van der Waals surface area (Å²) in [7, 11) is 0. The second-order valence-corrected chi connectivity index (χ2v) is 6.46. The van der Waals surface area contributed by atoms with E-state index in [0.717, 1.165) is 24.0 Å². The summed E-state index contributed by atoms with van der Waals surface area (Å²) in [4.78, 5) is 24.7. The third-order valence-electron chi connectivity index (χ3n) is 4.20. The molecule has 1 fully saturated rings. The molecule has 0 saturated carbocycles. The van der Waals surface area contributed by atoms with Crippen LogP contribution in [0.3, 0.4) is 0 Å². The summed E-state index contributed by atoms with van der Waals surface area (Å²) in [5.41, 5.74) is 1.84. The quantitative estimate of drug-likeness (QED) is 0.895. The number of aryl methyl sites for hydroxylation is 2. The van der Waals surface area contributed by atoms with Crippen molar-refractivity contribution >= 4 is 23.5 Å². The Labute approximate surface area is 141 Å². The van der Waals surface area contributed by atoms with Gasteiger partial charge >= 0.3 is 5.97 Å². The van der Waals surface area contributed by atoms with Crippen LogP contribution >= 0.6 is 11.6 Å². The van der Waals surface area contributed by atoms with Gasteiger partial charge in [0, 0.05) is 24.5 Å². The van der Waals surface area contributed by atoms with Crippen molar-refractivity contribution in [2.75, 3.05) is 19.7 Å². The minimum absolute atomic E-state index is 0.00981. The molecule has 1 heterocycles. The highest BCUT2D eigenvalue weighted by atomic mass is 35.5. The molecule has 1 aromatic rings. The van der Waals surface area contributed by atoms with Crippen LogP contribution in [0.2, 0.25) is 5.02 Å². The fraction of sp³-hybridized carbons (Fsp3) is 0.529. The number of piperidine rings is 1. The molecule has 5 nitrogen and oxygen atoms in total. The molecule has 0 radical (unpaired) electrons. The molecular weight excluding hydrogens is 318 g/mol. The number of hydrogen-bond donors (Lipinski definition) is 1. The fourth-order valence-electron chi connectivity index (χ4n) is 2.86. The normalized spacial score (nSPS) is 15.5. The smallest absolute Gasteiger partial charge is 0.303 e. The van der Waals surface area contributed by atoms with Crippen molar-refractivity contribution in [3.8, 4) is 5.75 Å². The molecule has 0 bridgehead atoms. The number of nitrogens with zero attached hydrogens (tertiary/aromatic N) is 1. The number of halogens is 1. The largest absolute Gasteiger partial charge is 0.484 e. The van der Waals surface area contributed by atoms with Gasteiger partial charge in [0.2, 0.25) is 0 Å². The Morgan fingerprint density at radius 1 is 1.26 bits per heavy atom. The number of hydrogen-bond acceptors (Lipinski definition) is 3. The molecule has 1 aliphatic rings. The van der Waals surface area contributed by atoms with Gasteiger partial charge in [-0.2, -0.15) is 0 Å². The average Bonchev–Trinajstić information content (AvgIpc) is 2.50. The first kappa shape index (κ1) is 17.6. The van der Waals surface area contributed by atoms with Gasteiger partial charge in [0.15, 0.2) is 6.61 Å². The summed E-state index contributed by atoms with van der Waals surface area (Å²) in [6, 6.07) is 3.64. The van der Waals surface area contributed by atoms with Crippen LogP contribution in [0.1, 0.15) is 30.4 Å². The summed E-state index contributed by atoms with van der Waals surface area (Å²) in [6.07, 6.45) is 1.65. The molecule has 2 rings (SSSR count). The van der Waals surface area contributed by atoms with E-state index in [1.807, 2.05) is 26.0 Å². The van der Waals surface area contributed by atoms with Crippen LogP contribution < -0.4 is 4.74 Å². The Morgan fingerprint density at radius 3 is 2.35 bits per heavy atom. The minimum Gasteiger partial charge on any atom is -0.484 e. The molecule has 1 aliphatic heterocycles. The second kappa shape index (κ2) is 7.68. The summed E-state index contributed by atoms with van der Waals surface area (Å²) < 4.78 is 5.59. The Hall–Kier alpha value is -1.75. The number of carboxylic acid groups (broad SMARTS) is 1. The maximum absolute atomic E-state index is 12.2. The maximum atomic E-state index is 12.2. The van der Waals surface area contributed by atoms with E-state index in [4.69, 9.17) is 21.4 Å². The monoisotopic (exact) mass is 339 g/mol. The zero-order valence-electron chi connectivity index (χ0n) is 13.5. The number of ether oxygens (including phenoxy) is 1. The summed E-state index contributed by atoms with van der Waals surface area (Å²) in [6.45, 7) is 4.98. The van der Waals surface area contributed by atoms with Crippen molar-refractivity contribution in [3.05, 3.63) is 28.3 Å². The van der Waals surface area contributed by atoms with E-state index in [9.17, 15) is 9.59 Å². The molecule has 1 amide bonds. The van der Waals surface area contributed by atoms with Gasteiger partial charge in [0.1, 0.15) is 5.75 Å². The van der Waals surface area contributed by atoms with Crippen molar-refractivity contribution in [1.82, 2.24) is 4.90 Å². The van der Waals surface area contributed by atoms with Crippen LogP contribution in [-0.4, -0.2) is 41.6 Å². The van der Waals surface area contributed by atoms with Gasteiger partial charge in [-0.3, -0.25) is 9.59 Å². The Bertz CT molecular complexity index is 571. The van der Waals surface area contributed by atoms with Gasteiger partial charge < -0.3 is 14.7 Å². The van der Waals surface area contributed by atoms with E-state index in [1.54, 1.807) is 4.90 Å². The lowest BCUT2D eigenvalue weighted by atomic mass is 9.94. The summed E-state index contributed by atoms with van der Waals surface area (Å²) >= 11 is 6.11. The van der Waals surface area contributed by atoms with E-state index >= 15 is 0 Å². The molecule has 1 saturated heterocycles. The number of carbonyl (C=O) groups is 2. The number of rotatable bonds is 5. The standard InChI is InChI=1S/C17H22ClNO4/c1-11-7-14(8-12(2)17(11)18)23-10-15(20)19-5-3-13(4-6-19)9-16(21)22/h7-8,13H,3-6,9-10H2,1-2H3,(H,21,22). The maximum Gasteiger partial charge on any atom is 0.303 e. The van der Waals surface area contributed by atoms with Crippen LogP contribution in [0.25, 0.3) is 0 Å². The number of carbonyl (C=O) groups excluding carboxylic acids is 1. The van der Waals surface area contributed by atoms with Gasteiger partial charge in [-0.25, -0.2) is 0 Å². The lowest BCUT2D eigenvalue weighted by Gasteiger charge is -2.31. The molecule has 23 heavy (non-hydrogen) atoms. The SMILES string of the molecule is Cc1cc(OCC(=O)N2CCC(CC(=O)O)CC2)cc(C)c1Cl. The van der Waals surface area contributed by atoms with Gasteiger partial charge in [0.05, 0.1) is 0 Å². The molecular formula is C17H22ClNO4. The lowest BCUT2D eigenvalue weighted by Crippen LogP contribution is -2.41. The molecule has 126 valence electrons. The van der Waals surface area contributed by atoms with Gasteiger partial charge in [-0.15, -0.1) is 0 Å². The zero-order chi connectivity index (χ0) is 17.0. The fourth-order valence-corrected chi connectivity index (χ4v) is 2.97. The Kier molecular flexibility index (Phi) is 5.88. The van der Waals surface area contributed by atoms with Crippen molar-refractivity contribution in [1.29, 1.82) is 0 Å². The van der Waals surface area contributed by atoms with E-state index in [2.05, 4.69) is 0 Å². The number of benzene rings is 1. The number of aliphatic carboxylic acids is 1. The molecule has 6 heteroatoms.